The van der Waals surface area contributed by atoms with Gasteiger partial charge in [0.2, 0.25) is 5.66 Å². The Morgan fingerprint density at radius 3 is 2.17 bits per heavy atom. The van der Waals surface area contributed by atoms with Gasteiger partial charge in [-0.15, -0.1) is 0 Å². The van der Waals surface area contributed by atoms with E-state index in [-0.39, 0.29) is 0 Å². The summed E-state index contributed by atoms with van der Waals surface area (Å²) in [6.07, 6.45) is -0.629. The minimum Gasteiger partial charge on any atom is -0.251 e. The van der Waals surface area contributed by atoms with Crippen LogP contribution < -0.4 is 0 Å². The predicted octanol–water partition coefficient (Wildman–Crippen LogP) is 2.99. The van der Waals surface area contributed by atoms with Gasteiger partial charge in [-0.3, -0.25) is 4.39 Å². The summed E-state index contributed by atoms with van der Waals surface area (Å²) in [7, 11) is -2.55. The van der Waals surface area contributed by atoms with Gasteiger partial charge in [-0.2, -0.15) is 8.78 Å². The summed E-state index contributed by atoms with van der Waals surface area (Å²) in [5, 5.41) is 0. The van der Waals surface area contributed by atoms with Crippen LogP contribution in [-0.2, 0) is 4.57 Å². The largest absolute Gasteiger partial charge is 0.417 e. The van der Waals surface area contributed by atoms with Gasteiger partial charge in [0.1, 0.15) is 12.2 Å². The Morgan fingerprint density at radius 2 is 1.92 bits per heavy atom. The second kappa shape index (κ2) is 5.02. The third-order valence-electron chi connectivity index (χ3n) is 1.31. The lowest BCUT2D eigenvalue weighted by molar-refractivity contribution is -0.0281. The van der Waals surface area contributed by atoms with Gasteiger partial charge < -0.3 is 0 Å². The normalized spacial score (nSPS) is 15.9. The van der Waals surface area contributed by atoms with Gasteiger partial charge in [-0.1, -0.05) is 4.57 Å². The molecular formula is C5H8F4OPS+. The van der Waals surface area contributed by atoms with E-state index >= 15 is 0 Å². The summed E-state index contributed by atoms with van der Waals surface area (Å²) in [5.41, 5.74) is -1.81. The molecule has 0 aliphatic rings. The first kappa shape index (κ1) is 12.2. The maximum atomic E-state index is 12.5. The van der Waals surface area contributed by atoms with Gasteiger partial charge in [-0.25, -0.2) is 4.39 Å². The van der Waals surface area contributed by atoms with E-state index in [2.05, 4.69) is 12.2 Å². The third-order valence-corrected chi connectivity index (χ3v) is 3.32. The maximum Gasteiger partial charge on any atom is 0.417 e. The molecule has 0 fully saturated rings. The Bertz CT molecular complexity index is 166. The van der Waals surface area contributed by atoms with E-state index in [1.165, 1.54) is 0 Å². The molecule has 0 heterocycles. The molecule has 7 heteroatoms. The van der Waals surface area contributed by atoms with Gasteiger partial charge >= 0.3 is 12.9 Å². The molecule has 2 unspecified atom stereocenters. The van der Waals surface area contributed by atoms with E-state index in [1.807, 2.05) is 0 Å². The molecule has 12 heavy (non-hydrogen) atoms. The highest BCUT2D eigenvalue weighted by molar-refractivity contribution is 8.40. The molecule has 0 saturated carbocycles. The molecule has 72 valence electrons. The zero-order valence-corrected chi connectivity index (χ0v) is 7.80. The monoisotopic (exact) mass is 223 g/mol. The van der Waals surface area contributed by atoms with E-state index < -0.39 is 38.4 Å². The average Bonchev–Trinajstić information content (AvgIpc) is 1.99. The van der Waals surface area contributed by atoms with Crippen LogP contribution in [0.3, 0.4) is 0 Å². The molecule has 0 radical (unpaired) electrons. The Morgan fingerprint density at radius 1 is 1.42 bits per heavy atom. The number of alkyl halides is 4. The van der Waals surface area contributed by atoms with E-state index in [4.69, 9.17) is 0 Å². The number of rotatable bonds is 5. The first-order valence-corrected chi connectivity index (χ1v) is 5.59. The van der Waals surface area contributed by atoms with E-state index in [1.54, 1.807) is 0 Å². The SMILES string of the molecule is O=[P+](S)C(CCF)C(F)(F)CF. The van der Waals surface area contributed by atoms with Gasteiger partial charge in [-0.05, 0) is 0 Å². The van der Waals surface area contributed by atoms with Crippen LogP contribution in [0.1, 0.15) is 6.42 Å². The van der Waals surface area contributed by atoms with Crippen molar-refractivity contribution < 1.29 is 22.1 Å². The molecule has 0 amide bonds. The molecule has 0 aliphatic heterocycles. The summed E-state index contributed by atoms with van der Waals surface area (Å²) in [6.45, 7) is -2.98. The van der Waals surface area contributed by atoms with Crippen LogP contribution in [0.4, 0.5) is 17.6 Å². The second-order valence-electron chi connectivity index (χ2n) is 2.19. The van der Waals surface area contributed by atoms with Crippen molar-refractivity contribution in [2.75, 3.05) is 13.3 Å². The van der Waals surface area contributed by atoms with E-state index in [9.17, 15) is 22.1 Å². The van der Waals surface area contributed by atoms with Crippen LogP contribution in [0, 0.1) is 0 Å². The second-order valence-corrected chi connectivity index (χ2v) is 4.60. The summed E-state index contributed by atoms with van der Waals surface area (Å²) < 4.78 is 58.8. The van der Waals surface area contributed by atoms with Crippen LogP contribution >= 0.6 is 19.3 Å². The topological polar surface area (TPSA) is 17.1 Å². The van der Waals surface area contributed by atoms with Gasteiger partial charge in [0, 0.05) is 6.42 Å². The Kier molecular flexibility index (Phi) is 5.09. The fraction of sp³-hybridized carbons (Fsp3) is 1.00. The number of hydrogen-bond donors (Lipinski definition) is 1. The molecule has 0 bridgehead atoms. The molecule has 0 spiro atoms. The highest BCUT2D eigenvalue weighted by atomic mass is 32.7. The fourth-order valence-corrected chi connectivity index (χ4v) is 2.24. The van der Waals surface area contributed by atoms with Crippen molar-refractivity contribution in [3.63, 3.8) is 0 Å². The molecule has 0 aromatic heterocycles. The van der Waals surface area contributed by atoms with E-state index in [0.717, 1.165) is 0 Å². The molecule has 0 aromatic carbocycles. The first-order valence-electron chi connectivity index (χ1n) is 3.10. The first-order chi connectivity index (χ1) is 5.45. The average molecular weight is 223 g/mol. The molecule has 0 aliphatic carbocycles. The number of halogens is 4. The van der Waals surface area contributed by atoms with Crippen molar-refractivity contribution in [2.45, 2.75) is 18.0 Å². The molecule has 2 atom stereocenters. The van der Waals surface area contributed by atoms with Gasteiger partial charge in [0.15, 0.2) is 6.67 Å². The smallest absolute Gasteiger partial charge is 0.251 e. The van der Waals surface area contributed by atoms with Crippen LogP contribution in [-0.4, -0.2) is 24.9 Å². The lowest BCUT2D eigenvalue weighted by Crippen LogP contribution is -2.32. The van der Waals surface area contributed by atoms with Crippen molar-refractivity contribution in [3.05, 3.63) is 0 Å². The lowest BCUT2D eigenvalue weighted by Gasteiger charge is -2.13. The molecular weight excluding hydrogens is 215 g/mol. The van der Waals surface area contributed by atoms with Crippen molar-refractivity contribution in [1.82, 2.24) is 0 Å². The standard InChI is InChI=1S/C5H7F4OPS/c6-2-1-4(11(10)12)5(8,9)3-7/h4H,1-3H2/p+1. The quantitative estimate of drug-likeness (QED) is 0.430. The van der Waals surface area contributed by atoms with Crippen molar-refractivity contribution in [2.24, 2.45) is 0 Å². The van der Waals surface area contributed by atoms with Gasteiger partial charge in [0.25, 0.3) is 0 Å². The van der Waals surface area contributed by atoms with Crippen LogP contribution in [0.2, 0.25) is 0 Å². The highest BCUT2D eigenvalue weighted by Crippen LogP contribution is 2.44. The molecule has 0 aromatic rings. The molecule has 1 nitrogen and oxygen atoms in total. The summed E-state index contributed by atoms with van der Waals surface area (Å²) >= 11 is 3.27. The van der Waals surface area contributed by atoms with Crippen molar-refractivity contribution in [1.29, 1.82) is 0 Å². The van der Waals surface area contributed by atoms with E-state index in [0.29, 0.717) is 0 Å². The van der Waals surface area contributed by atoms with Crippen molar-refractivity contribution in [3.8, 4) is 0 Å². The minimum atomic E-state index is -3.73. The van der Waals surface area contributed by atoms with Crippen LogP contribution in [0.5, 0.6) is 0 Å². The molecule has 0 N–H and O–H groups in total. The zero-order chi connectivity index (χ0) is 9.78. The molecule has 0 saturated heterocycles. The Balaban J connectivity index is 4.38. The number of hydrogen-bond acceptors (Lipinski definition) is 1. The van der Waals surface area contributed by atoms with Crippen molar-refractivity contribution >= 4 is 19.3 Å². The van der Waals surface area contributed by atoms with Crippen LogP contribution in [0.15, 0.2) is 0 Å². The fourth-order valence-electron chi connectivity index (χ4n) is 0.676. The Labute approximate surface area is 73.5 Å². The minimum absolute atomic E-state index is 0.629. The number of thiol groups is 1. The predicted molar refractivity (Wildman–Crippen MR) is 41.9 cm³/mol. The summed E-state index contributed by atoms with van der Waals surface area (Å²) in [6, 6.07) is 0. The highest BCUT2D eigenvalue weighted by Gasteiger charge is 2.50. The summed E-state index contributed by atoms with van der Waals surface area (Å²) in [4.78, 5) is 0. The molecule has 0 rings (SSSR count). The lowest BCUT2D eigenvalue weighted by atomic mass is 10.2. The van der Waals surface area contributed by atoms with Crippen LogP contribution in [0.25, 0.3) is 0 Å². The zero-order valence-electron chi connectivity index (χ0n) is 6.01. The van der Waals surface area contributed by atoms with Gasteiger partial charge in [0.05, 0.1) is 6.67 Å². The summed E-state index contributed by atoms with van der Waals surface area (Å²) in [5.74, 6) is -3.73. The third kappa shape index (κ3) is 3.27. The maximum absolute atomic E-state index is 12.5. The Hall–Kier alpha value is 0.170.